The molecule has 1 aliphatic heterocycles. The monoisotopic (exact) mass is 426 g/mol. The summed E-state index contributed by atoms with van der Waals surface area (Å²) >= 11 is 1.60. The van der Waals surface area contributed by atoms with E-state index in [2.05, 4.69) is 0 Å². The van der Waals surface area contributed by atoms with E-state index in [4.69, 9.17) is 18.6 Å². The van der Waals surface area contributed by atoms with Gasteiger partial charge in [0, 0.05) is 40.3 Å². The first kappa shape index (κ1) is 20.5. The molecule has 0 radical (unpaired) electrons. The summed E-state index contributed by atoms with van der Waals surface area (Å²) < 4.78 is 21.6. The van der Waals surface area contributed by atoms with Crippen LogP contribution in [0, 0.1) is 0 Å². The van der Waals surface area contributed by atoms with Crippen molar-refractivity contribution in [2.75, 3.05) is 19.5 Å². The molecule has 1 aliphatic rings. The Morgan fingerprint density at radius 1 is 1.20 bits per heavy atom. The summed E-state index contributed by atoms with van der Waals surface area (Å²) in [6.07, 6.45) is 2.36. The molecule has 2 aromatic carbocycles. The molecule has 30 heavy (non-hydrogen) atoms. The molecule has 0 spiro atoms. The lowest BCUT2D eigenvalue weighted by Gasteiger charge is -2.12. The van der Waals surface area contributed by atoms with Crippen molar-refractivity contribution in [1.29, 1.82) is 0 Å². The van der Waals surface area contributed by atoms with Gasteiger partial charge < -0.3 is 18.6 Å². The van der Waals surface area contributed by atoms with Gasteiger partial charge >= 0.3 is 11.6 Å². The van der Waals surface area contributed by atoms with Gasteiger partial charge in [-0.3, -0.25) is 0 Å². The lowest BCUT2D eigenvalue weighted by atomic mass is 10.1. The molecule has 1 atom stereocenters. The van der Waals surface area contributed by atoms with Crippen LogP contribution in [0.4, 0.5) is 0 Å². The fraction of sp³-hybridized carbons (Fsp3) is 0.304. The van der Waals surface area contributed by atoms with Gasteiger partial charge in [0.25, 0.3) is 0 Å². The zero-order valence-electron chi connectivity index (χ0n) is 16.6. The van der Waals surface area contributed by atoms with E-state index in [1.165, 1.54) is 6.07 Å². The smallest absolute Gasteiger partial charge is 0.339 e. The Hall–Kier alpha value is -2.77. The maximum atomic E-state index is 12.8. The third-order valence-corrected chi connectivity index (χ3v) is 6.16. The van der Waals surface area contributed by atoms with Crippen molar-refractivity contribution in [2.24, 2.45) is 0 Å². The number of benzene rings is 2. The van der Waals surface area contributed by atoms with E-state index >= 15 is 0 Å². The highest BCUT2D eigenvalue weighted by Crippen LogP contribution is 2.28. The Morgan fingerprint density at radius 2 is 2.07 bits per heavy atom. The molecular formula is C23H22O6S. The predicted octanol–water partition coefficient (Wildman–Crippen LogP) is 4.43. The second-order valence-corrected chi connectivity index (χ2v) is 8.03. The molecule has 3 aromatic rings. The third kappa shape index (κ3) is 4.68. The van der Waals surface area contributed by atoms with Crippen LogP contribution in [0.25, 0.3) is 11.0 Å². The van der Waals surface area contributed by atoms with E-state index < -0.39 is 11.6 Å². The van der Waals surface area contributed by atoms with Gasteiger partial charge in [-0.1, -0.05) is 12.1 Å². The molecule has 156 valence electrons. The van der Waals surface area contributed by atoms with Crippen LogP contribution in [-0.4, -0.2) is 31.5 Å². The number of hydrogen-bond acceptors (Lipinski definition) is 7. The first-order chi connectivity index (χ1) is 14.6. The lowest BCUT2D eigenvalue weighted by Crippen LogP contribution is -2.11. The van der Waals surface area contributed by atoms with E-state index in [1.807, 2.05) is 18.2 Å². The van der Waals surface area contributed by atoms with Gasteiger partial charge in [0.2, 0.25) is 0 Å². The number of carbonyl (C=O) groups is 1. The summed E-state index contributed by atoms with van der Waals surface area (Å²) in [5.74, 6) is 0.952. The zero-order chi connectivity index (χ0) is 20.9. The van der Waals surface area contributed by atoms with Gasteiger partial charge in [0.05, 0.1) is 18.8 Å². The Kier molecular flexibility index (Phi) is 6.40. The van der Waals surface area contributed by atoms with Crippen molar-refractivity contribution in [3.63, 3.8) is 0 Å². The molecule has 0 bridgehead atoms. The number of ether oxygens (including phenoxy) is 3. The summed E-state index contributed by atoms with van der Waals surface area (Å²) in [4.78, 5) is 25.5. The summed E-state index contributed by atoms with van der Waals surface area (Å²) in [5, 5.41) is 0.698. The van der Waals surface area contributed by atoms with Gasteiger partial charge in [-0.05, 0) is 37.1 Å². The fourth-order valence-corrected chi connectivity index (χ4v) is 4.51. The molecule has 0 saturated carbocycles. The van der Waals surface area contributed by atoms with E-state index in [9.17, 15) is 9.59 Å². The number of rotatable bonds is 7. The predicted molar refractivity (Wildman–Crippen MR) is 114 cm³/mol. The Morgan fingerprint density at radius 3 is 2.87 bits per heavy atom. The summed E-state index contributed by atoms with van der Waals surface area (Å²) in [6, 6.07) is 13.9. The molecule has 0 unspecified atom stereocenters. The maximum Gasteiger partial charge on any atom is 0.339 e. The third-order valence-electron chi connectivity index (χ3n) is 4.95. The van der Waals surface area contributed by atoms with Crippen LogP contribution in [0.15, 0.2) is 62.6 Å². The summed E-state index contributed by atoms with van der Waals surface area (Å²) in [6.45, 7) is 0.776. The zero-order valence-corrected chi connectivity index (χ0v) is 17.4. The molecule has 0 amide bonds. The van der Waals surface area contributed by atoms with Crippen LogP contribution < -0.4 is 10.4 Å². The molecule has 2 heterocycles. The minimum atomic E-state index is -0.505. The van der Waals surface area contributed by atoms with E-state index in [1.54, 1.807) is 43.1 Å². The van der Waals surface area contributed by atoms with Crippen LogP contribution in [0.1, 0.15) is 28.8 Å². The SMILES string of the molecule is COc1ccc2c(COC(=O)c3ccccc3SC[C@@H]3CCCO3)cc(=O)oc2c1. The van der Waals surface area contributed by atoms with Gasteiger partial charge in [-0.2, -0.15) is 0 Å². The van der Waals surface area contributed by atoms with E-state index in [0.29, 0.717) is 27.8 Å². The fourth-order valence-electron chi connectivity index (χ4n) is 3.40. The Labute approximate surface area is 178 Å². The number of methoxy groups -OCH3 is 1. The molecule has 4 rings (SSSR count). The number of carbonyl (C=O) groups excluding carboxylic acids is 1. The van der Waals surface area contributed by atoms with Crippen LogP contribution in [0.5, 0.6) is 5.75 Å². The highest BCUT2D eigenvalue weighted by molar-refractivity contribution is 7.99. The standard InChI is InChI=1S/C23H22O6S/c1-26-16-8-9-18-15(11-22(24)29-20(18)12-16)13-28-23(25)19-6-2-3-7-21(19)30-14-17-5-4-10-27-17/h2-3,6-9,11-12,17H,4-5,10,13-14H2,1H3/t17-/m0/s1. The topological polar surface area (TPSA) is 75.0 Å². The second-order valence-electron chi connectivity index (χ2n) is 6.97. The molecular weight excluding hydrogens is 404 g/mol. The van der Waals surface area contributed by atoms with Crippen LogP contribution in [0.3, 0.4) is 0 Å². The van der Waals surface area contributed by atoms with Crippen molar-refractivity contribution in [3.8, 4) is 5.75 Å². The normalized spacial score (nSPS) is 16.0. The molecule has 6 nitrogen and oxygen atoms in total. The number of thioether (sulfide) groups is 1. The van der Waals surface area contributed by atoms with E-state index in [-0.39, 0.29) is 12.7 Å². The highest BCUT2D eigenvalue weighted by atomic mass is 32.2. The van der Waals surface area contributed by atoms with Crippen LogP contribution in [-0.2, 0) is 16.1 Å². The molecule has 1 saturated heterocycles. The molecule has 0 N–H and O–H groups in total. The lowest BCUT2D eigenvalue weighted by molar-refractivity contribution is 0.0469. The molecule has 0 aliphatic carbocycles. The van der Waals surface area contributed by atoms with Crippen molar-refractivity contribution in [3.05, 3.63) is 70.1 Å². The second kappa shape index (κ2) is 9.36. The van der Waals surface area contributed by atoms with Crippen molar-refractivity contribution in [2.45, 2.75) is 30.4 Å². The first-order valence-corrected chi connectivity index (χ1v) is 10.7. The molecule has 1 aromatic heterocycles. The van der Waals surface area contributed by atoms with Gasteiger partial charge in [0.1, 0.15) is 17.9 Å². The number of fused-ring (bicyclic) bond motifs is 1. The van der Waals surface area contributed by atoms with Crippen LogP contribution >= 0.6 is 11.8 Å². The van der Waals surface area contributed by atoms with Crippen molar-refractivity contribution >= 4 is 28.7 Å². The summed E-state index contributed by atoms with van der Waals surface area (Å²) in [5.41, 5.74) is 0.978. The van der Waals surface area contributed by atoms with Gasteiger partial charge in [0.15, 0.2) is 0 Å². The average molecular weight is 426 g/mol. The summed E-state index contributed by atoms with van der Waals surface area (Å²) in [7, 11) is 1.54. The Balaban J connectivity index is 1.49. The van der Waals surface area contributed by atoms with E-state index in [0.717, 1.165) is 30.1 Å². The van der Waals surface area contributed by atoms with Crippen molar-refractivity contribution < 1.29 is 23.4 Å². The molecule has 7 heteroatoms. The van der Waals surface area contributed by atoms with Gasteiger partial charge in [-0.15, -0.1) is 11.8 Å². The quantitative estimate of drug-likeness (QED) is 0.314. The maximum absolute atomic E-state index is 12.8. The number of hydrogen-bond donors (Lipinski definition) is 0. The average Bonchev–Trinajstić information content (AvgIpc) is 3.29. The Bertz CT molecular complexity index is 1100. The minimum absolute atomic E-state index is 0.0298. The highest BCUT2D eigenvalue weighted by Gasteiger charge is 2.19. The largest absolute Gasteiger partial charge is 0.497 e. The number of esters is 1. The van der Waals surface area contributed by atoms with Gasteiger partial charge in [-0.25, -0.2) is 9.59 Å². The van der Waals surface area contributed by atoms with Crippen LogP contribution in [0.2, 0.25) is 0 Å². The minimum Gasteiger partial charge on any atom is -0.497 e. The molecule has 1 fully saturated rings. The first-order valence-electron chi connectivity index (χ1n) is 9.75. The van der Waals surface area contributed by atoms with Crippen molar-refractivity contribution in [1.82, 2.24) is 0 Å².